The van der Waals surface area contributed by atoms with Crippen molar-refractivity contribution >= 4 is 56.0 Å². The molecule has 2 aromatic carbocycles. The zero-order chi connectivity index (χ0) is 22.9. The van der Waals surface area contributed by atoms with E-state index in [1.54, 1.807) is 38.5 Å². The Morgan fingerprint density at radius 1 is 1.06 bits per heavy atom. The molecule has 1 aromatic heterocycles. The smallest absolute Gasteiger partial charge is 0.257 e. The van der Waals surface area contributed by atoms with Crippen LogP contribution < -0.4 is 20.1 Å². The monoisotopic (exact) mass is 536 g/mol. The summed E-state index contributed by atoms with van der Waals surface area (Å²) in [5, 5.41) is 14.0. The van der Waals surface area contributed by atoms with Crippen molar-refractivity contribution < 1.29 is 19.1 Å². The Morgan fingerprint density at radius 2 is 1.81 bits per heavy atom. The van der Waals surface area contributed by atoms with Crippen LogP contribution in [-0.4, -0.2) is 48.5 Å². The predicted molar refractivity (Wildman–Crippen MR) is 129 cm³/mol. The standard InChI is InChI=1S/C21H21BrN4O4S2/c1-29-16-8-3-13(11-17(16)30-2)9-10-23-18(27)12-31-21-26-25-20(32-21)24-19(28)14-4-6-15(22)7-5-14/h3-8,11H,9-10,12H2,1-2H3,(H,23,27)(H,24,25,28). The number of ether oxygens (including phenoxy) is 2. The fourth-order valence-corrected chi connectivity index (χ4v) is 4.49. The summed E-state index contributed by atoms with van der Waals surface area (Å²) in [6.45, 7) is 0.499. The van der Waals surface area contributed by atoms with Crippen molar-refractivity contribution in [3.63, 3.8) is 0 Å². The van der Waals surface area contributed by atoms with Crippen LogP contribution in [-0.2, 0) is 11.2 Å². The number of nitrogens with zero attached hydrogens (tertiary/aromatic N) is 2. The lowest BCUT2D eigenvalue weighted by molar-refractivity contribution is -0.118. The second-order valence-electron chi connectivity index (χ2n) is 6.41. The molecule has 0 saturated heterocycles. The van der Waals surface area contributed by atoms with Gasteiger partial charge in [-0.05, 0) is 48.4 Å². The first-order chi connectivity index (χ1) is 15.5. The Bertz CT molecular complexity index is 1080. The third-order valence-corrected chi connectivity index (χ3v) is 6.74. The molecule has 0 spiro atoms. The molecule has 3 rings (SSSR count). The molecule has 8 nitrogen and oxygen atoms in total. The lowest BCUT2D eigenvalue weighted by Gasteiger charge is -2.10. The van der Waals surface area contributed by atoms with Gasteiger partial charge in [-0.15, -0.1) is 10.2 Å². The van der Waals surface area contributed by atoms with Gasteiger partial charge in [0.15, 0.2) is 15.8 Å². The third-order valence-electron chi connectivity index (χ3n) is 4.24. The average molecular weight is 537 g/mol. The lowest BCUT2D eigenvalue weighted by atomic mass is 10.1. The molecule has 0 unspecified atom stereocenters. The van der Waals surface area contributed by atoms with Crippen LogP contribution >= 0.6 is 39.0 Å². The van der Waals surface area contributed by atoms with Crippen molar-refractivity contribution in [2.75, 3.05) is 31.8 Å². The highest BCUT2D eigenvalue weighted by Crippen LogP contribution is 2.28. The molecule has 0 aliphatic heterocycles. The number of amides is 2. The van der Waals surface area contributed by atoms with E-state index in [9.17, 15) is 9.59 Å². The molecule has 11 heteroatoms. The summed E-state index contributed by atoms with van der Waals surface area (Å²) < 4.78 is 12.0. The second kappa shape index (κ2) is 11.8. The maximum Gasteiger partial charge on any atom is 0.257 e. The Kier molecular flexibility index (Phi) is 8.89. The molecule has 0 fully saturated rings. The lowest BCUT2D eigenvalue weighted by Crippen LogP contribution is -2.27. The van der Waals surface area contributed by atoms with Gasteiger partial charge in [-0.3, -0.25) is 14.9 Å². The van der Waals surface area contributed by atoms with E-state index in [0.717, 1.165) is 10.0 Å². The van der Waals surface area contributed by atoms with Gasteiger partial charge >= 0.3 is 0 Å². The maximum atomic E-state index is 12.2. The maximum absolute atomic E-state index is 12.2. The van der Waals surface area contributed by atoms with Crippen molar-refractivity contribution in [1.29, 1.82) is 0 Å². The first-order valence-corrected chi connectivity index (χ1v) is 12.1. The number of anilines is 1. The summed E-state index contributed by atoms with van der Waals surface area (Å²) in [4.78, 5) is 24.4. The second-order valence-corrected chi connectivity index (χ2v) is 9.53. The van der Waals surface area contributed by atoms with Gasteiger partial charge in [0.05, 0.1) is 20.0 Å². The Labute approximate surface area is 202 Å². The topological polar surface area (TPSA) is 102 Å². The predicted octanol–water partition coefficient (Wildman–Crippen LogP) is 4.02. The zero-order valence-electron chi connectivity index (χ0n) is 17.4. The van der Waals surface area contributed by atoms with Crippen LogP contribution in [0.3, 0.4) is 0 Å². The van der Waals surface area contributed by atoms with E-state index < -0.39 is 0 Å². The molecule has 3 aromatic rings. The molecule has 0 aliphatic carbocycles. The normalized spacial score (nSPS) is 10.5. The van der Waals surface area contributed by atoms with Gasteiger partial charge < -0.3 is 14.8 Å². The van der Waals surface area contributed by atoms with Crippen molar-refractivity contribution in [3.05, 3.63) is 58.1 Å². The molecular formula is C21H21BrN4O4S2. The van der Waals surface area contributed by atoms with E-state index in [0.29, 0.717) is 39.5 Å². The summed E-state index contributed by atoms with van der Waals surface area (Å²) in [6, 6.07) is 12.7. The number of hydrogen-bond acceptors (Lipinski definition) is 8. The number of benzene rings is 2. The molecule has 2 amide bonds. The van der Waals surface area contributed by atoms with Crippen molar-refractivity contribution in [2.24, 2.45) is 0 Å². The molecule has 168 valence electrons. The summed E-state index contributed by atoms with van der Waals surface area (Å²) in [6.07, 6.45) is 0.668. The molecule has 0 radical (unpaired) electrons. The fourth-order valence-electron chi connectivity index (χ4n) is 2.65. The molecule has 1 heterocycles. The van der Waals surface area contributed by atoms with Crippen LogP contribution in [0.2, 0.25) is 0 Å². The van der Waals surface area contributed by atoms with Crippen LogP contribution in [0, 0.1) is 0 Å². The van der Waals surface area contributed by atoms with Crippen molar-refractivity contribution in [3.8, 4) is 11.5 Å². The molecule has 0 saturated carbocycles. The van der Waals surface area contributed by atoms with E-state index in [4.69, 9.17) is 9.47 Å². The van der Waals surface area contributed by atoms with E-state index in [1.807, 2.05) is 18.2 Å². The Balaban J connectivity index is 1.41. The highest BCUT2D eigenvalue weighted by atomic mass is 79.9. The minimum atomic E-state index is -0.266. The number of methoxy groups -OCH3 is 2. The van der Waals surface area contributed by atoms with Gasteiger partial charge in [0.1, 0.15) is 0 Å². The van der Waals surface area contributed by atoms with Gasteiger partial charge in [-0.2, -0.15) is 0 Å². The zero-order valence-corrected chi connectivity index (χ0v) is 20.6. The number of carbonyl (C=O) groups is 2. The van der Waals surface area contributed by atoms with E-state index >= 15 is 0 Å². The summed E-state index contributed by atoms with van der Waals surface area (Å²) >= 11 is 5.83. The van der Waals surface area contributed by atoms with Crippen LogP contribution in [0.4, 0.5) is 5.13 Å². The van der Waals surface area contributed by atoms with Crippen LogP contribution in [0.5, 0.6) is 11.5 Å². The van der Waals surface area contributed by atoms with E-state index in [-0.39, 0.29) is 17.6 Å². The highest BCUT2D eigenvalue weighted by Gasteiger charge is 2.12. The molecular weight excluding hydrogens is 516 g/mol. The number of hydrogen-bond donors (Lipinski definition) is 2. The van der Waals surface area contributed by atoms with Crippen molar-refractivity contribution in [2.45, 2.75) is 10.8 Å². The Morgan fingerprint density at radius 3 is 2.53 bits per heavy atom. The minimum Gasteiger partial charge on any atom is -0.493 e. The van der Waals surface area contributed by atoms with Gasteiger partial charge in [0, 0.05) is 16.6 Å². The van der Waals surface area contributed by atoms with E-state index in [2.05, 4.69) is 36.8 Å². The van der Waals surface area contributed by atoms with Crippen LogP contribution in [0.15, 0.2) is 51.3 Å². The van der Waals surface area contributed by atoms with Gasteiger partial charge in [0.25, 0.3) is 5.91 Å². The molecule has 0 bridgehead atoms. The first kappa shape index (κ1) is 24.0. The Hall–Kier alpha value is -2.63. The average Bonchev–Trinajstić information content (AvgIpc) is 3.25. The summed E-state index contributed by atoms with van der Waals surface area (Å²) in [7, 11) is 3.18. The highest BCUT2D eigenvalue weighted by molar-refractivity contribution is 9.10. The largest absolute Gasteiger partial charge is 0.493 e. The number of nitrogens with one attached hydrogen (secondary N) is 2. The summed E-state index contributed by atoms with van der Waals surface area (Å²) in [5.41, 5.74) is 1.55. The fraction of sp³-hybridized carbons (Fsp3) is 0.238. The van der Waals surface area contributed by atoms with Gasteiger partial charge in [-0.25, -0.2) is 0 Å². The van der Waals surface area contributed by atoms with Gasteiger partial charge in [-0.1, -0.05) is 45.1 Å². The number of rotatable bonds is 10. The van der Waals surface area contributed by atoms with Crippen LogP contribution in [0.1, 0.15) is 15.9 Å². The quantitative estimate of drug-likeness (QED) is 0.298. The number of halogens is 1. The minimum absolute atomic E-state index is 0.105. The number of thioether (sulfide) groups is 1. The van der Waals surface area contributed by atoms with E-state index in [1.165, 1.54) is 23.1 Å². The number of aromatic nitrogens is 2. The SMILES string of the molecule is COc1ccc(CCNC(=O)CSc2nnc(NC(=O)c3ccc(Br)cc3)s2)cc1OC. The molecule has 0 atom stereocenters. The van der Waals surface area contributed by atoms with Crippen LogP contribution in [0.25, 0.3) is 0 Å². The van der Waals surface area contributed by atoms with Crippen molar-refractivity contribution in [1.82, 2.24) is 15.5 Å². The summed E-state index contributed by atoms with van der Waals surface area (Å²) in [5.74, 6) is 1.16. The molecule has 0 aliphatic rings. The molecule has 2 N–H and O–H groups in total. The molecule has 32 heavy (non-hydrogen) atoms. The van der Waals surface area contributed by atoms with Gasteiger partial charge in [0.2, 0.25) is 11.0 Å². The third kappa shape index (κ3) is 6.94. The number of carbonyl (C=O) groups excluding carboxylic acids is 2. The first-order valence-electron chi connectivity index (χ1n) is 9.49.